The zero-order chi connectivity index (χ0) is 20.4. The van der Waals surface area contributed by atoms with Crippen molar-refractivity contribution < 1.29 is 14.4 Å². The van der Waals surface area contributed by atoms with Crippen LogP contribution >= 0.6 is 0 Å². The smallest absolute Gasteiger partial charge is 0.267 e. The van der Waals surface area contributed by atoms with E-state index in [0.717, 1.165) is 32.4 Å². The standard InChI is InChI=1S/C21H31N5O3/c1-2-22-19(27)13-25-11-14-9-15(12-25)18(26-17(14)6-3-7-20(26)28)10-24-21(29)16-5-4-8-23-16/h4-5,8,14-15,17-18,23H,2-3,6-7,9-13H2,1H3,(H,22,27)(H,24,29)/t14-,15+,17+,18+/m1/s1. The van der Waals surface area contributed by atoms with E-state index in [9.17, 15) is 14.4 Å². The lowest BCUT2D eigenvalue weighted by atomic mass is 9.72. The number of aromatic amines is 1. The zero-order valence-corrected chi connectivity index (χ0v) is 17.0. The van der Waals surface area contributed by atoms with Crippen LogP contribution in [0.3, 0.4) is 0 Å². The van der Waals surface area contributed by atoms with Gasteiger partial charge >= 0.3 is 0 Å². The first-order valence-electron chi connectivity index (χ1n) is 10.8. The number of carbonyl (C=O) groups excluding carboxylic acids is 3. The summed E-state index contributed by atoms with van der Waals surface area (Å²) in [7, 11) is 0. The Bertz CT molecular complexity index is 750. The lowest BCUT2D eigenvalue weighted by Crippen LogP contribution is -2.67. The van der Waals surface area contributed by atoms with E-state index in [-0.39, 0.29) is 35.7 Å². The molecular weight excluding hydrogens is 370 g/mol. The molecule has 3 saturated heterocycles. The third-order valence-electron chi connectivity index (χ3n) is 6.63. The molecule has 3 aliphatic rings. The van der Waals surface area contributed by atoms with Gasteiger partial charge in [0.05, 0.1) is 12.6 Å². The number of nitrogens with zero attached hydrogens (tertiary/aromatic N) is 2. The van der Waals surface area contributed by atoms with Crippen molar-refractivity contribution in [1.29, 1.82) is 0 Å². The molecule has 1 aromatic heterocycles. The highest BCUT2D eigenvalue weighted by Crippen LogP contribution is 2.41. The summed E-state index contributed by atoms with van der Waals surface area (Å²) in [6.07, 6.45) is 5.33. The van der Waals surface area contributed by atoms with Crippen LogP contribution in [0.2, 0.25) is 0 Å². The number of hydrogen-bond acceptors (Lipinski definition) is 4. The molecule has 29 heavy (non-hydrogen) atoms. The first kappa shape index (κ1) is 19.9. The molecule has 8 heteroatoms. The molecule has 0 radical (unpaired) electrons. The van der Waals surface area contributed by atoms with Crippen molar-refractivity contribution in [3.63, 3.8) is 0 Å². The van der Waals surface area contributed by atoms with Gasteiger partial charge in [-0.25, -0.2) is 0 Å². The van der Waals surface area contributed by atoms with E-state index in [1.54, 1.807) is 18.3 Å². The molecule has 1 aromatic rings. The van der Waals surface area contributed by atoms with Crippen LogP contribution in [0.15, 0.2) is 18.3 Å². The van der Waals surface area contributed by atoms with Gasteiger partial charge in [0.25, 0.3) is 5.91 Å². The molecular formula is C21H31N5O3. The molecule has 3 aliphatic heterocycles. The van der Waals surface area contributed by atoms with Gasteiger partial charge in [-0.05, 0) is 50.2 Å². The van der Waals surface area contributed by atoms with Gasteiger partial charge in [0.15, 0.2) is 0 Å². The van der Waals surface area contributed by atoms with Crippen molar-refractivity contribution in [3.8, 4) is 0 Å². The highest BCUT2D eigenvalue weighted by Gasteiger charge is 2.49. The normalized spacial score (nSPS) is 29.3. The number of nitrogens with one attached hydrogen (secondary N) is 3. The van der Waals surface area contributed by atoms with E-state index >= 15 is 0 Å². The van der Waals surface area contributed by atoms with Crippen molar-refractivity contribution in [1.82, 2.24) is 25.4 Å². The molecule has 2 bridgehead atoms. The third-order valence-corrected chi connectivity index (χ3v) is 6.63. The van der Waals surface area contributed by atoms with E-state index in [1.165, 1.54) is 0 Å². The van der Waals surface area contributed by atoms with Gasteiger partial charge in [-0.15, -0.1) is 0 Å². The molecule has 0 aromatic carbocycles. The fraction of sp³-hybridized carbons (Fsp3) is 0.667. The van der Waals surface area contributed by atoms with E-state index in [4.69, 9.17) is 0 Å². The summed E-state index contributed by atoms with van der Waals surface area (Å²) in [5.74, 6) is 0.800. The molecule has 0 spiro atoms. The van der Waals surface area contributed by atoms with Gasteiger partial charge in [0.1, 0.15) is 5.69 Å². The SMILES string of the molecule is CCNC(=O)CN1C[C@H]2C[C@@H](C1)[C@H](CNC(=O)c1ccc[nH]1)N1C(=O)CCC[C@@H]21. The Labute approximate surface area is 171 Å². The van der Waals surface area contributed by atoms with Gasteiger partial charge in [-0.2, -0.15) is 0 Å². The maximum Gasteiger partial charge on any atom is 0.267 e. The van der Waals surface area contributed by atoms with Crippen LogP contribution in [-0.4, -0.2) is 77.3 Å². The van der Waals surface area contributed by atoms with Crippen molar-refractivity contribution >= 4 is 17.7 Å². The molecule has 3 amide bonds. The Morgan fingerprint density at radius 1 is 1.24 bits per heavy atom. The minimum Gasteiger partial charge on any atom is -0.357 e. The number of H-pyrrole nitrogens is 1. The van der Waals surface area contributed by atoms with Crippen molar-refractivity contribution in [2.24, 2.45) is 11.8 Å². The summed E-state index contributed by atoms with van der Waals surface area (Å²) in [6, 6.07) is 3.75. The van der Waals surface area contributed by atoms with Gasteiger partial charge in [0, 0.05) is 44.8 Å². The summed E-state index contributed by atoms with van der Waals surface area (Å²) in [6.45, 7) is 5.07. The average Bonchev–Trinajstić information content (AvgIpc) is 3.23. The summed E-state index contributed by atoms with van der Waals surface area (Å²) in [4.78, 5) is 44.6. The average molecular weight is 402 g/mol. The number of fused-ring (bicyclic) bond motifs is 4. The molecule has 3 N–H and O–H groups in total. The molecule has 3 fully saturated rings. The first-order valence-corrected chi connectivity index (χ1v) is 10.8. The molecule has 8 nitrogen and oxygen atoms in total. The minimum atomic E-state index is -0.145. The van der Waals surface area contributed by atoms with Crippen LogP contribution in [0.4, 0.5) is 0 Å². The predicted octanol–water partition coefficient (Wildman–Crippen LogP) is 0.582. The Morgan fingerprint density at radius 2 is 2.07 bits per heavy atom. The quantitative estimate of drug-likeness (QED) is 0.650. The number of carbonyl (C=O) groups is 3. The summed E-state index contributed by atoms with van der Waals surface area (Å²) in [5.41, 5.74) is 0.529. The Hall–Kier alpha value is -2.35. The van der Waals surface area contributed by atoms with Crippen LogP contribution in [0.5, 0.6) is 0 Å². The minimum absolute atomic E-state index is 0.0139. The molecule has 0 unspecified atom stereocenters. The lowest BCUT2D eigenvalue weighted by molar-refractivity contribution is -0.153. The van der Waals surface area contributed by atoms with Gasteiger partial charge < -0.3 is 20.5 Å². The second-order valence-electron chi connectivity index (χ2n) is 8.53. The predicted molar refractivity (Wildman–Crippen MR) is 108 cm³/mol. The fourth-order valence-electron chi connectivity index (χ4n) is 5.48. The third kappa shape index (κ3) is 4.17. The Kier molecular flexibility index (Phi) is 5.89. The van der Waals surface area contributed by atoms with Gasteiger partial charge in [0.2, 0.25) is 11.8 Å². The van der Waals surface area contributed by atoms with Crippen molar-refractivity contribution in [3.05, 3.63) is 24.0 Å². The first-order chi connectivity index (χ1) is 14.1. The Balaban J connectivity index is 1.49. The van der Waals surface area contributed by atoms with E-state index < -0.39 is 0 Å². The zero-order valence-electron chi connectivity index (χ0n) is 17.0. The molecule has 0 aliphatic carbocycles. The largest absolute Gasteiger partial charge is 0.357 e. The number of piperidine rings is 3. The van der Waals surface area contributed by atoms with Crippen LogP contribution in [-0.2, 0) is 9.59 Å². The van der Waals surface area contributed by atoms with Crippen molar-refractivity contribution in [2.45, 2.75) is 44.7 Å². The second-order valence-corrected chi connectivity index (χ2v) is 8.53. The second kappa shape index (κ2) is 8.57. The van der Waals surface area contributed by atoms with Crippen LogP contribution in [0.25, 0.3) is 0 Å². The summed E-state index contributed by atoms with van der Waals surface area (Å²) < 4.78 is 0. The van der Waals surface area contributed by atoms with E-state index in [0.29, 0.717) is 37.7 Å². The lowest BCUT2D eigenvalue weighted by Gasteiger charge is -2.56. The monoisotopic (exact) mass is 401 g/mol. The van der Waals surface area contributed by atoms with Crippen LogP contribution in [0.1, 0.15) is 43.1 Å². The number of rotatable bonds is 6. The molecule has 4 heterocycles. The number of likely N-dealkylation sites (N-methyl/N-ethyl adjacent to an activating group) is 1. The van der Waals surface area contributed by atoms with Crippen molar-refractivity contribution in [2.75, 3.05) is 32.7 Å². The number of aromatic nitrogens is 1. The Morgan fingerprint density at radius 3 is 2.83 bits per heavy atom. The molecule has 4 rings (SSSR count). The maximum absolute atomic E-state index is 12.8. The van der Waals surface area contributed by atoms with Gasteiger partial charge in [-0.3, -0.25) is 19.3 Å². The summed E-state index contributed by atoms with van der Waals surface area (Å²) >= 11 is 0. The highest BCUT2D eigenvalue weighted by atomic mass is 16.2. The van der Waals surface area contributed by atoms with E-state index in [2.05, 4.69) is 25.4 Å². The number of amides is 3. The molecule has 4 atom stereocenters. The maximum atomic E-state index is 12.8. The van der Waals surface area contributed by atoms with Crippen LogP contribution in [0, 0.1) is 11.8 Å². The molecule has 0 saturated carbocycles. The topological polar surface area (TPSA) is 97.5 Å². The van der Waals surface area contributed by atoms with Gasteiger partial charge in [-0.1, -0.05) is 0 Å². The number of hydrogen-bond donors (Lipinski definition) is 3. The van der Waals surface area contributed by atoms with E-state index in [1.807, 2.05) is 6.92 Å². The summed E-state index contributed by atoms with van der Waals surface area (Å²) in [5, 5.41) is 5.91. The molecule has 158 valence electrons. The number of likely N-dealkylation sites (tertiary alicyclic amines) is 1. The van der Waals surface area contributed by atoms with Crippen LogP contribution < -0.4 is 10.6 Å². The highest BCUT2D eigenvalue weighted by molar-refractivity contribution is 5.92. The fourth-order valence-corrected chi connectivity index (χ4v) is 5.48.